The number of nitrogens with one attached hydrogen (secondary N) is 1. The van der Waals surface area contributed by atoms with Crippen LogP contribution in [-0.2, 0) is 12.0 Å². The van der Waals surface area contributed by atoms with Gasteiger partial charge in [0.05, 0.1) is 12.8 Å². The summed E-state index contributed by atoms with van der Waals surface area (Å²) in [5.74, 6) is 1.92. The Kier molecular flexibility index (Phi) is 4.21. The highest BCUT2D eigenvalue weighted by atomic mass is 32.1. The SMILES string of the molecule is CC(C)Cc1nsc(NCC(C)(O)c2ccco2)n1. The molecule has 0 aromatic carbocycles. The average molecular weight is 281 g/mol. The van der Waals surface area contributed by atoms with Gasteiger partial charge in [0, 0.05) is 18.0 Å². The molecule has 2 N–H and O–H groups in total. The number of hydrogen-bond donors (Lipinski definition) is 2. The molecule has 0 amide bonds. The standard InChI is InChI=1S/C13H19N3O2S/c1-9(2)7-11-15-12(19-16-11)14-8-13(3,17)10-5-4-6-18-10/h4-6,9,17H,7-8H2,1-3H3,(H,14,15,16). The minimum atomic E-state index is -1.06. The first-order valence-electron chi connectivity index (χ1n) is 6.30. The highest BCUT2D eigenvalue weighted by Crippen LogP contribution is 2.22. The van der Waals surface area contributed by atoms with Crippen molar-refractivity contribution in [2.45, 2.75) is 32.8 Å². The smallest absolute Gasteiger partial charge is 0.202 e. The molecule has 5 nitrogen and oxygen atoms in total. The summed E-state index contributed by atoms with van der Waals surface area (Å²) < 4.78 is 9.50. The minimum Gasteiger partial charge on any atom is -0.466 e. The molecule has 0 saturated heterocycles. The Morgan fingerprint density at radius 3 is 2.95 bits per heavy atom. The zero-order chi connectivity index (χ0) is 13.9. The fraction of sp³-hybridized carbons (Fsp3) is 0.538. The van der Waals surface area contributed by atoms with E-state index in [1.54, 1.807) is 25.3 Å². The summed E-state index contributed by atoms with van der Waals surface area (Å²) in [4.78, 5) is 4.39. The van der Waals surface area contributed by atoms with Crippen LogP contribution in [0.4, 0.5) is 5.13 Å². The third-order valence-corrected chi connectivity index (χ3v) is 3.41. The topological polar surface area (TPSA) is 71.2 Å². The Morgan fingerprint density at radius 1 is 1.53 bits per heavy atom. The molecule has 2 rings (SSSR count). The van der Waals surface area contributed by atoms with Crippen molar-refractivity contribution >= 4 is 16.7 Å². The van der Waals surface area contributed by atoms with Gasteiger partial charge in [-0.2, -0.15) is 4.37 Å². The van der Waals surface area contributed by atoms with Crippen LogP contribution in [0.2, 0.25) is 0 Å². The molecule has 0 bridgehead atoms. The van der Waals surface area contributed by atoms with Crippen LogP contribution >= 0.6 is 11.5 Å². The van der Waals surface area contributed by atoms with Gasteiger partial charge >= 0.3 is 0 Å². The normalized spacial score (nSPS) is 14.6. The summed E-state index contributed by atoms with van der Waals surface area (Å²) >= 11 is 1.32. The summed E-state index contributed by atoms with van der Waals surface area (Å²) in [6.07, 6.45) is 2.42. The van der Waals surface area contributed by atoms with Crippen molar-refractivity contribution in [3.8, 4) is 0 Å². The van der Waals surface area contributed by atoms with E-state index in [-0.39, 0.29) is 0 Å². The van der Waals surface area contributed by atoms with E-state index in [0.717, 1.165) is 17.4 Å². The maximum atomic E-state index is 10.3. The van der Waals surface area contributed by atoms with Gasteiger partial charge in [-0.1, -0.05) is 13.8 Å². The molecule has 0 fully saturated rings. The van der Waals surface area contributed by atoms with Crippen molar-refractivity contribution < 1.29 is 9.52 Å². The summed E-state index contributed by atoms with van der Waals surface area (Å²) in [5.41, 5.74) is -1.06. The molecule has 0 spiro atoms. The zero-order valence-corrected chi connectivity index (χ0v) is 12.2. The lowest BCUT2D eigenvalue weighted by atomic mass is 10.0. The van der Waals surface area contributed by atoms with Crippen LogP contribution in [0, 0.1) is 5.92 Å². The molecule has 2 aromatic rings. The number of aliphatic hydroxyl groups is 1. The van der Waals surface area contributed by atoms with Crippen LogP contribution in [0.1, 0.15) is 32.4 Å². The second-order valence-corrected chi connectivity index (χ2v) is 5.97. The monoisotopic (exact) mass is 281 g/mol. The van der Waals surface area contributed by atoms with E-state index in [1.165, 1.54) is 11.5 Å². The Labute approximate surface area is 116 Å². The third kappa shape index (κ3) is 3.78. The van der Waals surface area contributed by atoms with Gasteiger partial charge in [-0.15, -0.1) is 0 Å². The maximum Gasteiger partial charge on any atom is 0.202 e. The quantitative estimate of drug-likeness (QED) is 0.851. The Bertz CT molecular complexity index is 506. The highest BCUT2D eigenvalue weighted by Gasteiger charge is 2.26. The molecule has 0 radical (unpaired) electrons. The van der Waals surface area contributed by atoms with Gasteiger partial charge in [0.1, 0.15) is 17.2 Å². The molecule has 1 unspecified atom stereocenters. The van der Waals surface area contributed by atoms with E-state index in [9.17, 15) is 5.11 Å². The van der Waals surface area contributed by atoms with Crippen LogP contribution in [0.25, 0.3) is 0 Å². The Hall–Kier alpha value is -1.40. The van der Waals surface area contributed by atoms with Crippen LogP contribution < -0.4 is 5.32 Å². The van der Waals surface area contributed by atoms with Crippen molar-refractivity contribution in [3.05, 3.63) is 30.0 Å². The predicted molar refractivity (Wildman–Crippen MR) is 75.2 cm³/mol. The van der Waals surface area contributed by atoms with E-state index < -0.39 is 5.60 Å². The molecule has 104 valence electrons. The molecule has 0 saturated carbocycles. The molecule has 0 aliphatic carbocycles. The molecule has 0 aliphatic heterocycles. The molecular weight excluding hydrogens is 262 g/mol. The van der Waals surface area contributed by atoms with Gasteiger partial charge in [-0.3, -0.25) is 0 Å². The molecule has 19 heavy (non-hydrogen) atoms. The van der Waals surface area contributed by atoms with Crippen LogP contribution in [0.15, 0.2) is 22.8 Å². The molecule has 2 aromatic heterocycles. The molecular formula is C13H19N3O2S. The van der Waals surface area contributed by atoms with Crippen molar-refractivity contribution in [2.75, 3.05) is 11.9 Å². The first kappa shape index (κ1) is 14.0. The lowest BCUT2D eigenvalue weighted by Crippen LogP contribution is -2.30. The summed E-state index contributed by atoms with van der Waals surface area (Å²) in [5, 5.41) is 14.1. The van der Waals surface area contributed by atoms with E-state index >= 15 is 0 Å². The maximum absolute atomic E-state index is 10.3. The zero-order valence-electron chi connectivity index (χ0n) is 11.4. The van der Waals surface area contributed by atoms with Gasteiger partial charge < -0.3 is 14.8 Å². The first-order valence-corrected chi connectivity index (χ1v) is 7.07. The fourth-order valence-electron chi connectivity index (χ4n) is 1.69. The summed E-state index contributed by atoms with van der Waals surface area (Å²) in [7, 11) is 0. The number of rotatable bonds is 6. The van der Waals surface area contributed by atoms with Crippen LogP contribution in [0.5, 0.6) is 0 Å². The van der Waals surface area contributed by atoms with Gasteiger partial charge in [0.15, 0.2) is 0 Å². The second-order valence-electron chi connectivity index (χ2n) is 5.22. The van der Waals surface area contributed by atoms with Gasteiger partial charge in [-0.05, 0) is 25.0 Å². The number of anilines is 1. The Morgan fingerprint density at radius 2 is 2.32 bits per heavy atom. The van der Waals surface area contributed by atoms with Gasteiger partial charge in [-0.25, -0.2) is 4.98 Å². The van der Waals surface area contributed by atoms with Crippen LogP contribution in [0.3, 0.4) is 0 Å². The molecule has 2 heterocycles. The third-order valence-electron chi connectivity index (χ3n) is 2.69. The van der Waals surface area contributed by atoms with Crippen molar-refractivity contribution in [1.29, 1.82) is 0 Å². The Balaban J connectivity index is 1.93. The van der Waals surface area contributed by atoms with Gasteiger partial charge in [0.25, 0.3) is 0 Å². The lowest BCUT2D eigenvalue weighted by Gasteiger charge is -2.20. The van der Waals surface area contributed by atoms with Crippen molar-refractivity contribution in [2.24, 2.45) is 5.92 Å². The van der Waals surface area contributed by atoms with Gasteiger partial charge in [0.2, 0.25) is 5.13 Å². The molecule has 0 aliphatic rings. The van der Waals surface area contributed by atoms with Crippen molar-refractivity contribution in [3.63, 3.8) is 0 Å². The fourth-order valence-corrected chi connectivity index (χ4v) is 2.28. The van der Waals surface area contributed by atoms with Crippen LogP contribution in [-0.4, -0.2) is 21.0 Å². The lowest BCUT2D eigenvalue weighted by molar-refractivity contribution is 0.0476. The first-order chi connectivity index (χ1) is 8.97. The number of hydrogen-bond acceptors (Lipinski definition) is 6. The van der Waals surface area contributed by atoms with E-state index in [1.807, 2.05) is 0 Å². The summed E-state index contributed by atoms with van der Waals surface area (Å²) in [6, 6.07) is 3.52. The number of furan rings is 1. The number of aromatic nitrogens is 2. The molecule has 1 atom stereocenters. The minimum absolute atomic E-state index is 0.330. The van der Waals surface area contributed by atoms with E-state index in [2.05, 4.69) is 28.5 Å². The molecule has 6 heteroatoms. The predicted octanol–water partition coefficient (Wildman–Crippen LogP) is 2.65. The number of nitrogens with zero attached hydrogens (tertiary/aromatic N) is 2. The average Bonchev–Trinajstić information content (AvgIpc) is 2.96. The highest BCUT2D eigenvalue weighted by molar-refractivity contribution is 7.09. The van der Waals surface area contributed by atoms with Crippen molar-refractivity contribution in [1.82, 2.24) is 9.36 Å². The second kappa shape index (κ2) is 5.71. The van der Waals surface area contributed by atoms with E-state index in [4.69, 9.17) is 4.42 Å². The van der Waals surface area contributed by atoms with E-state index in [0.29, 0.717) is 18.2 Å². The summed E-state index contributed by atoms with van der Waals surface area (Å²) in [6.45, 7) is 6.30. The largest absolute Gasteiger partial charge is 0.466 e.